The maximum absolute atomic E-state index is 10.9. The van der Waals surface area contributed by atoms with Crippen molar-refractivity contribution in [1.82, 2.24) is 0 Å². The molecule has 0 aliphatic rings. The van der Waals surface area contributed by atoms with Crippen molar-refractivity contribution in [1.29, 1.82) is 0 Å². The van der Waals surface area contributed by atoms with E-state index in [0.717, 1.165) is 23.5 Å². The first kappa shape index (κ1) is 15.9. The van der Waals surface area contributed by atoms with Crippen LogP contribution in [0.5, 0.6) is 5.75 Å². The fourth-order valence-electron chi connectivity index (χ4n) is 1.49. The molecule has 0 spiro atoms. The van der Waals surface area contributed by atoms with Gasteiger partial charge in [0.1, 0.15) is 10.5 Å². The lowest BCUT2D eigenvalue weighted by molar-refractivity contribution is -0.138. The molecule has 0 heterocycles. The van der Waals surface area contributed by atoms with Crippen LogP contribution in [0.1, 0.15) is 31.4 Å². The third-order valence-corrected chi connectivity index (χ3v) is 4.26. The molecular formula is C15H22O3S. The first-order valence-electron chi connectivity index (χ1n) is 6.40. The molecule has 0 aliphatic carbocycles. The number of ether oxygens (including phenoxy) is 1. The van der Waals surface area contributed by atoms with Crippen molar-refractivity contribution in [2.75, 3.05) is 12.4 Å². The van der Waals surface area contributed by atoms with Gasteiger partial charge in [-0.25, -0.2) is 0 Å². The van der Waals surface area contributed by atoms with Gasteiger partial charge >= 0.3 is 5.97 Å². The van der Waals surface area contributed by atoms with Crippen molar-refractivity contribution in [3.05, 3.63) is 29.3 Å². The monoisotopic (exact) mass is 282 g/mol. The molecule has 0 radical (unpaired) electrons. The number of carboxylic acids is 1. The number of benzene rings is 1. The van der Waals surface area contributed by atoms with E-state index >= 15 is 0 Å². The highest BCUT2D eigenvalue weighted by atomic mass is 32.2. The minimum absolute atomic E-state index is 0.618. The summed E-state index contributed by atoms with van der Waals surface area (Å²) in [5.74, 6) is 0.930. The molecule has 1 rings (SSSR count). The van der Waals surface area contributed by atoms with Gasteiger partial charge in [0.05, 0.1) is 6.61 Å². The van der Waals surface area contributed by atoms with Crippen LogP contribution >= 0.6 is 11.8 Å². The van der Waals surface area contributed by atoms with Gasteiger partial charge in [0.2, 0.25) is 0 Å². The lowest BCUT2D eigenvalue weighted by Crippen LogP contribution is -2.27. The van der Waals surface area contributed by atoms with Crippen LogP contribution in [0.3, 0.4) is 0 Å². The number of rotatable bonds is 7. The van der Waals surface area contributed by atoms with E-state index in [1.54, 1.807) is 13.8 Å². The zero-order chi connectivity index (χ0) is 14.5. The highest BCUT2D eigenvalue weighted by Gasteiger charge is 2.26. The van der Waals surface area contributed by atoms with E-state index in [1.165, 1.54) is 17.3 Å². The Hall–Kier alpha value is -1.16. The molecule has 3 nitrogen and oxygen atoms in total. The first-order chi connectivity index (χ1) is 8.83. The lowest BCUT2D eigenvalue weighted by atomic mass is 10.1. The molecule has 1 aromatic rings. The van der Waals surface area contributed by atoms with E-state index in [-0.39, 0.29) is 0 Å². The Morgan fingerprint density at radius 2 is 2.05 bits per heavy atom. The zero-order valence-corrected chi connectivity index (χ0v) is 12.8. The average Bonchev–Trinajstić information content (AvgIpc) is 2.32. The number of carboxylic acid groups (broad SMARTS) is 1. The Balaban J connectivity index is 2.32. The van der Waals surface area contributed by atoms with E-state index in [9.17, 15) is 4.79 Å². The van der Waals surface area contributed by atoms with Gasteiger partial charge in [0.25, 0.3) is 0 Å². The molecule has 0 saturated carbocycles. The van der Waals surface area contributed by atoms with Crippen LogP contribution < -0.4 is 4.74 Å². The molecule has 0 unspecified atom stereocenters. The minimum Gasteiger partial charge on any atom is -0.493 e. The largest absolute Gasteiger partial charge is 0.493 e. The molecule has 0 aromatic heterocycles. The summed E-state index contributed by atoms with van der Waals surface area (Å²) >= 11 is 1.45. The molecule has 0 amide bonds. The first-order valence-corrected chi connectivity index (χ1v) is 7.39. The van der Waals surface area contributed by atoms with Crippen LogP contribution in [-0.4, -0.2) is 28.2 Å². The molecule has 0 aliphatic heterocycles. The maximum atomic E-state index is 10.9. The van der Waals surface area contributed by atoms with Crippen LogP contribution in [0.15, 0.2) is 18.2 Å². The minimum atomic E-state index is -0.770. The van der Waals surface area contributed by atoms with Gasteiger partial charge < -0.3 is 9.84 Å². The third-order valence-electron chi connectivity index (χ3n) is 2.87. The van der Waals surface area contributed by atoms with Gasteiger partial charge in [-0.15, -0.1) is 11.8 Å². The van der Waals surface area contributed by atoms with Crippen molar-refractivity contribution in [2.45, 2.75) is 38.9 Å². The van der Waals surface area contributed by atoms with E-state index < -0.39 is 10.7 Å². The number of thioether (sulfide) groups is 1. The van der Waals surface area contributed by atoms with Gasteiger partial charge in [0.15, 0.2) is 0 Å². The predicted molar refractivity (Wildman–Crippen MR) is 80.2 cm³/mol. The summed E-state index contributed by atoms with van der Waals surface area (Å²) < 4.78 is 5.01. The number of aryl methyl sites for hydroxylation is 2. The molecule has 4 heteroatoms. The van der Waals surface area contributed by atoms with Crippen LogP contribution in [0.2, 0.25) is 0 Å². The Morgan fingerprint density at radius 3 is 2.68 bits per heavy atom. The fourth-order valence-corrected chi connectivity index (χ4v) is 2.39. The summed E-state index contributed by atoms with van der Waals surface area (Å²) in [6.45, 7) is 8.14. The molecule has 0 saturated heterocycles. The van der Waals surface area contributed by atoms with Crippen LogP contribution in [0, 0.1) is 13.8 Å². The summed E-state index contributed by atoms with van der Waals surface area (Å²) in [6, 6.07) is 6.14. The van der Waals surface area contributed by atoms with E-state index in [0.29, 0.717) is 6.61 Å². The standard InChI is InChI=1S/C15H22O3S/c1-11-6-7-12(2)13(10-11)18-8-5-9-19-15(3,4)14(16)17/h6-7,10H,5,8-9H2,1-4H3,(H,16,17). The van der Waals surface area contributed by atoms with Crippen molar-refractivity contribution in [3.8, 4) is 5.75 Å². The van der Waals surface area contributed by atoms with E-state index in [4.69, 9.17) is 9.84 Å². The van der Waals surface area contributed by atoms with Gasteiger partial charge in [-0.05, 0) is 57.1 Å². The van der Waals surface area contributed by atoms with Crippen molar-refractivity contribution in [2.24, 2.45) is 0 Å². The van der Waals surface area contributed by atoms with E-state index in [2.05, 4.69) is 6.07 Å². The third kappa shape index (κ3) is 5.15. The molecule has 1 N–H and O–H groups in total. The second-order valence-corrected chi connectivity index (χ2v) is 6.85. The number of hydrogen-bond acceptors (Lipinski definition) is 3. The zero-order valence-electron chi connectivity index (χ0n) is 12.0. The SMILES string of the molecule is Cc1ccc(C)c(OCCCSC(C)(C)C(=O)O)c1. The number of aliphatic carboxylic acids is 1. The van der Waals surface area contributed by atoms with Gasteiger partial charge in [-0.1, -0.05) is 12.1 Å². The summed E-state index contributed by atoms with van der Waals surface area (Å²) in [7, 11) is 0. The normalized spacial score (nSPS) is 11.4. The predicted octanol–water partition coefficient (Wildman–Crippen LogP) is 3.67. The molecule has 0 bridgehead atoms. The van der Waals surface area contributed by atoms with Crippen molar-refractivity contribution in [3.63, 3.8) is 0 Å². The molecule has 106 valence electrons. The van der Waals surface area contributed by atoms with Crippen molar-refractivity contribution >= 4 is 17.7 Å². The van der Waals surface area contributed by atoms with Crippen LogP contribution in [0.25, 0.3) is 0 Å². The van der Waals surface area contributed by atoms with Crippen LogP contribution in [-0.2, 0) is 4.79 Å². The Labute approximate surface area is 119 Å². The molecular weight excluding hydrogens is 260 g/mol. The number of carbonyl (C=O) groups is 1. The van der Waals surface area contributed by atoms with Crippen LogP contribution in [0.4, 0.5) is 0 Å². The summed E-state index contributed by atoms with van der Waals surface area (Å²) in [4.78, 5) is 10.9. The van der Waals surface area contributed by atoms with Crippen molar-refractivity contribution < 1.29 is 14.6 Å². The Morgan fingerprint density at radius 1 is 1.37 bits per heavy atom. The highest BCUT2D eigenvalue weighted by Crippen LogP contribution is 2.25. The molecule has 19 heavy (non-hydrogen) atoms. The second-order valence-electron chi connectivity index (χ2n) is 5.13. The second kappa shape index (κ2) is 6.85. The summed E-state index contributed by atoms with van der Waals surface area (Å²) in [6.07, 6.45) is 0.842. The Kier molecular flexibility index (Phi) is 5.73. The maximum Gasteiger partial charge on any atom is 0.319 e. The quantitative estimate of drug-likeness (QED) is 0.775. The molecule has 0 fully saturated rings. The van der Waals surface area contributed by atoms with Gasteiger partial charge in [-0.2, -0.15) is 0 Å². The average molecular weight is 282 g/mol. The van der Waals surface area contributed by atoms with E-state index in [1.807, 2.05) is 26.0 Å². The topological polar surface area (TPSA) is 46.5 Å². The molecule has 1 aromatic carbocycles. The molecule has 0 atom stereocenters. The lowest BCUT2D eigenvalue weighted by Gasteiger charge is -2.18. The highest BCUT2D eigenvalue weighted by molar-refractivity contribution is 8.01. The summed E-state index contributed by atoms with van der Waals surface area (Å²) in [5.41, 5.74) is 2.31. The van der Waals surface area contributed by atoms with Gasteiger partial charge in [-0.3, -0.25) is 4.79 Å². The fraction of sp³-hybridized carbons (Fsp3) is 0.533. The van der Waals surface area contributed by atoms with Gasteiger partial charge in [0, 0.05) is 0 Å². The smallest absolute Gasteiger partial charge is 0.319 e. The number of hydrogen-bond donors (Lipinski definition) is 1. The Bertz CT molecular complexity index is 441. The summed E-state index contributed by atoms with van der Waals surface area (Å²) in [5, 5.41) is 8.99.